The predicted octanol–water partition coefficient (Wildman–Crippen LogP) is 2.69. The van der Waals surface area contributed by atoms with Gasteiger partial charge >= 0.3 is 6.03 Å². The Balaban J connectivity index is 1.62. The van der Waals surface area contributed by atoms with Gasteiger partial charge in [-0.15, -0.1) is 0 Å². The van der Waals surface area contributed by atoms with Crippen LogP contribution in [-0.2, 0) is 4.79 Å². The summed E-state index contributed by atoms with van der Waals surface area (Å²) >= 11 is 0. The van der Waals surface area contributed by atoms with Gasteiger partial charge in [0.25, 0.3) is 5.91 Å². The van der Waals surface area contributed by atoms with E-state index in [0.717, 1.165) is 6.42 Å². The number of nitrogens with one attached hydrogen (secondary N) is 2. The summed E-state index contributed by atoms with van der Waals surface area (Å²) in [5.41, 5.74) is 1.65. The minimum atomic E-state index is -0.775. The van der Waals surface area contributed by atoms with Crippen LogP contribution in [0.4, 0.5) is 14.9 Å². The summed E-state index contributed by atoms with van der Waals surface area (Å²) in [6, 6.07) is 10.2. The highest BCUT2D eigenvalue weighted by molar-refractivity contribution is 6.10. The molecule has 2 aliphatic rings. The van der Waals surface area contributed by atoms with E-state index in [1.54, 1.807) is 41.3 Å². The lowest BCUT2D eigenvalue weighted by molar-refractivity contribution is -0.121. The van der Waals surface area contributed by atoms with Gasteiger partial charge in [-0.2, -0.15) is 0 Å². The Bertz CT molecular complexity index is 1010. The number of carbonyl (C=O) groups is 3. The molecule has 4 amide bonds. The zero-order chi connectivity index (χ0) is 21.3. The lowest BCUT2D eigenvalue weighted by Crippen LogP contribution is -2.60. The van der Waals surface area contributed by atoms with E-state index in [-0.39, 0.29) is 36.8 Å². The molecule has 0 bridgehead atoms. The fraction of sp³-hybridized carbons (Fsp3) is 0.318. The van der Waals surface area contributed by atoms with E-state index in [0.29, 0.717) is 35.5 Å². The minimum absolute atomic E-state index is 0.126. The van der Waals surface area contributed by atoms with Crippen LogP contribution in [0.15, 0.2) is 42.5 Å². The van der Waals surface area contributed by atoms with Crippen molar-refractivity contribution in [2.45, 2.75) is 19.4 Å². The third kappa shape index (κ3) is 3.60. The molecule has 1 saturated heterocycles. The Morgan fingerprint density at radius 2 is 1.97 bits per heavy atom. The maximum absolute atomic E-state index is 14.2. The van der Waals surface area contributed by atoms with Crippen molar-refractivity contribution in [3.63, 3.8) is 0 Å². The topological polar surface area (TPSA) is 81.8 Å². The number of benzene rings is 2. The van der Waals surface area contributed by atoms with Crippen LogP contribution in [0, 0.1) is 5.82 Å². The molecule has 0 aromatic heterocycles. The highest BCUT2D eigenvalue weighted by Crippen LogP contribution is 2.31. The molecule has 7 nitrogen and oxygen atoms in total. The number of anilines is 1. The second-order valence-electron chi connectivity index (χ2n) is 7.42. The van der Waals surface area contributed by atoms with Gasteiger partial charge < -0.3 is 20.4 Å². The highest BCUT2D eigenvalue weighted by Gasteiger charge is 2.40. The maximum atomic E-state index is 14.2. The fourth-order valence-corrected chi connectivity index (χ4v) is 3.84. The summed E-state index contributed by atoms with van der Waals surface area (Å²) in [6.07, 6.45) is 0.813. The number of hydrogen-bond acceptors (Lipinski definition) is 3. The third-order valence-corrected chi connectivity index (χ3v) is 5.45. The normalized spacial score (nSPS) is 18.3. The van der Waals surface area contributed by atoms with Crippen LogP contribution in [0.3, 0.4) is 0 Å². The summed E-state index contributed by atoms with van der Waals surface area (Å²) in [4.78, 5) is 41.4. The predicted molar refractivity (Wildman–Crippen MR) is 111 cm³/mol. The molecule has 30 heavy (non-hydrogen) atoms. The van der Waals surface area contributed by atoms with Gasteiger partial charge in [0.15, 0.2) is 0 Å². The molecule has 2 N–H and O–H groups in total. The van der Waals surface area contributed by atoms with E-state index in [1.165, 1.54) is 11.0 Å². The highest BCUT2D eigenvalue weighted by atomic mass is 19.1. The van der Waals surface area contributed by atoms with E-state index in [2.05, 4.69) is 10.6 Å². The van der Waals surface area contributed by atoms with Crippen molar-refractivity contribution in [3.8, 4) is 11.1 Å². The van der Waals surface area contributed by atoms with Crippen LogP contribution in [0.2, 0.25) is 0 Å². The zero-order valence-electron chi connectivity index (χ0n) is 16.7. The number of nitrogens with zero attached hydrogens (tertiary/aromatic N) is 2. The van der Waals surface area contributed by atoms with E-state index in [9.17, 15) is 18.8 Å². The van der Waals surface area contributed by atoms with Gasteiger partial charge in [0.1, 0.15) is 11.9 Å². The van der Waals surface area contributed by atoms with E-state index >= 15 is 0 Å². The summed E-state index contributed by atoms with van der Waals surface area (Å²) in [7, 11) is 0. The van der Waals surface area contributed by atoms with Gasteiger partial charge in [-0.3, -0.25) is 9.59 Å². The Kier molecular flexibility index (Phi) is 5.39. The number of hydrogen-bond donors (Lipinski definition) is 2. The average Bonchev–Trinajstić information content (AvgIpc) is 2.86. The van der Waals surface area contributed by atoms with Gasteiger partial charge in [0.05, 0.1) is 17.8 Å². The van der Waals surface area contributed by atoms with Crippen LogP contribution in [0.25, 0.3) is 11.1 Å². The van der Waals surface area contributed by atoms with Crippen LogP contribution in [0.1, 0.15) is 23.7 Å². The SMILES string of the molecule is CCCNC(=O)N1CCN2C(=O)c3cc(-c4ccccc4F)ccc3NC(=O)[C@@H]2C1. The average molecular weight is 410 g/mol. The van der Waals surface area contributed by atoms with Crippen molar-refractivity contribution < 1.29 is 18.8 Å². The van der Waals surface area contributed by atoms with Crippen molar-refractivity contribution >= 4 is 23.5 Å². The van der Waals surface area contributed by atoms with Gasteiger partial charge in [-0.1, -0.05) is 31.2 Å². The van der Waals surface area contributed by atoms with E-state index in [4.69, 9.17) is 0 Å². The first-order valence-electron chi connectivity index (χ1n) is 10.0. The first-order chi connectivity index (χ1) is 14.5. The number of urea groups is 1. The quantitative estimate of drug-likeness (QED) is 0.816. The first kappa shape index (κ1) is 19.9. The molecule has 0 radical (unpaired) electrons. The maximum Gasteiger partial charge on any atom is 0.317 e. The molecule has 2 heterocycles. The fourth-order valence-electron chi connectivity index (χ4n) is 3.84. The molecule has 0 saturated carbocycles. The van der Waals surface area contributed by atoms with Crippen LogP contribution in [-0.4, -0.2) is 59.9 Å². The van der Waals surface area contributed by atoms with Crippen molar-refractivity contribution in [3.05, 3.63) is 53.8 Å². The summed E-state index contributed by atoms with van der Waals surface area (Å²) in [5, 5.41) is 5.60. The molecule has 0 aliphatic carbocycles. The summed E-state index contributed by atoms with van der Waals surface area (Å²) < 4.78 is 14.2. The molecular weight excluding hydrogens is 387 g/mol. The standard InChI is InChI=1S/C22H23FN4O3/c1-2-9-24-22(30)26-10-11-27-19(13-26)20(28)25-18-8-7-14(12-16(18)21(27)29)15-5-3-4-6-17(15)23/h3-8,12,19H,2,9-11,13H2,1H3,(H,24,30)(H,25,28)/t19-/m0/s1. The number of rotatable bonds is 3. The van der Waals surface area contributed by atoms with E-state index in [1.807, 2.05) is 6.92 Å². The van der Waals surface area contributed by atoms with Crippen LogP contribution >= 0.6 is 0 Å². The van der Waals surface area contributed by atoms with Crippen LogP contribution in [0.5, 0.6) is 0 Å². The Morgan fingerprint density at radius 3 is 2.73 bits per heavy atom. The molecule has 4 rings (SSSR count). The number of carbonyl (C=O) groups excluding carboxylic acids is 3. The molecule has 2 aliphatic heterocycles. The van der Waals surface area contributed by atoms with Crippen molar-refractivity contribution in [1.82, 2.24) is 15.1 Å². The number of amides is 4. The smallest absolute Gasteiger partial charge is 0.317 e. The summed E-state index contributed by atoms with van der Waals surface area (Å²) in [5.74, 6) is -1.03. The van der Waals surface area contributed by atoms with Crippen molar-refractivity contribution in [2.75, 3.05) is 31.5 Å². The summed E-state index contributed by atoms with van der Waals surface area (Å²) in [6.45, 7) is 3.23. The van der Waals surface area contributed by atoms with Gasteiger partial charge in [0.2, 0.25) is 5.91 Å². The Labute approximate surface area is 173 Å². The van der Waals surface area contributed by atoms with Crippen molar-refractivity contribution in [2.24, 2.45) is 0 Å². The number of piperazine rings is 1. The van der Waals surface area contributed by atoms with Gasteiger partial charge in [-0.05, 0) is 30.2 Å². The lowest BCUT2D eigenvalue weighted by atomic mass is 10.0. The monoisotopic (exact) mass is 410 g/mol. The van der Waals surface area contributed by atoms with Gasteiger partial charge in [0, 0.05) is 25.2 Å². The van der Waals surface area contributed by atoms with Gasteiger partial charge in [-0.25, -0.2) is 9.18 Å². The minimum Gasteiger partial charge on any atom is -0.338 e. The van der Waals surface area contributed by atoms with Crippen molar-refractivity contribution in [1.29, 1.82) is 0 Å². The first-order valence-corrected chi connectivity index (χ1v) is 10.0. The molecule has 1 atom stereocenters. The second-order valence-corrected chi connectivity index (χ2v) is 7.42. The number of fused-ring (bicyclic) bond motifs is 2. The Morgan fingerprint density at radius 1 is 1.17 bits per heavy atom. The second kappa shape index (κ2) is 8.14. The molecule has 8 heteroatoms. The molecular formula is C22H23FN4O3. The molecule has 2 aromatic rings. The lowest BCUT2D eigenvalue weighted by Gasteiger charge is -2.39. The molecule has 2 aromatic carbocycles. The zero-order valence-corrected chi connectivity index (χ0v) is 16.7. The largest absolute Gasteiger partial charge is 0.338 e. The molecule has 0 unspecified atom stereocenters. The molecule has 156 valence electrons. The molecule has 0 spiro atoms. The number of halogens is 1. The third-order valence-electron chi connectivity index (χ3n) is 5.45. The van der Waals surface area contributed by atoms with E-state index < -0.39 is 6.04 Å². The molecule has 1 fully saturated rings. The Hall–Kier alpha value is -3.42. The van der Waals surface area contributed by atoms with Crippen LogP contribution < -0.4 is 10.6 Å².